The van der Waals surface area contributed by atoms with E-state index >= 15 is 0 Å². The Bertz CT molecular complexity index is 344. The van der Waals surface area contributed by atoms with Gasteiger partial charge in [0.05, 0.1) is 12.4 Å². The molecule has 108 valence electrons. The molecule has 0 bridgehead atoms. The average Bonchev–Trinajstić information content (AvgIpc) is 2.34. The van der Waals surface area contributed by atoms with E-state index in [9.17, 15) is 13.5 Å². The van der Waals surface area contributed by atoms with E-state index in [1.54, 1.807) is 7.11 Å². The lowest BCUT2D eigenvalue weighted by molar-refractivity contribution is 0.00964. The molecule has 1 aliphatic rings. The summed E-state index contributed by atoms with van der Waals surface area (Å²) < 4.78 is 27.5. The van der Waals surface area contributed by atoms with E-state index in [4.69, 9.17) is 4.74 Å². The highest BCUT2D eigenvalue weighted by molar-refractivity contribution is 7.90. The Hall–Kier alpha value is -0.170. The third-order valence-corrected chi connectivity index (χ3v) is 4.61. The molecule has 1 rings (SSSR count). The largest absolute Gasteiger partial charge is 0.396 e. The minimum absolute atomic E-state index is 0.119. The van der Waals surface area contributed by atoms with E-state index in [2.05, 4.69) is 4.90 Å². The van der Waals surface area contributed by atoms with E-state index < -0.39 is 9.84 Å². The Morgan fingerprint density at radius 3 is 2.72 bits per heavy atom. The van der Waals surface area contributed by atoms with Gasteiger partial charge >= 0.3 is 0 Å². The van der Waals surface area contributed by atoms with Crippen molar-refractivity contribution < 1.29 is 18.3 Å². The maximum absolute atomic E-state index is 11.2. The second-order valence-electron chi connectivity index (χ2n) is 5.41. The van der Waals surface area contributed by atoms with E-state index in [1.807, 2.05) is 0 Å². The molecule has 1 atom stereocenters. The number of nitrogens with zero attached hydrogens (tertiary/aromatic N) is 1. The second-order valence-corrected chi connectivity index (χ2v) is 7.67. The zero-order valence-corrected chi connectivity index (χ0v) is 12.2. The number of aliphatic hydroxyl groups excluding tert-OH is 1. The fourth-order valence-electron chi connectivity index (χ4n) is 2.53. The molecule has 1 saturated heterocycles. The van der Waals surface area contributed by atoms with Crippen LogP contribution in [-0.2, 0) is 14.6 Å². The van der Waals surface area contributed by atoms with Gasteiger partial charge in [0.2, 0.25) is 0 Å². The number of sulfone groups is 1. The van der Waals surface area contributed by atoms with Crippen LogP contribution in [0.4, 0.5) is 0 Å². The van der Waals surface area contributed by atoms with Crippen molar-refractivity contribution in [3.05, 3.63) is 0 Å². The Morgan fingerprint density at radius 1 is 1.44 bits per heavy atom. The average molecular weight is 279 g/mol. The van der Waals surface area contributed by atoms with Crippen LogP contribution < -0.4 is 0 Å². The van der Waals surface area contributed by atoms with Crippen molar-refractivity contribution in [1.29, 1.82) is 0 Å². The molecule has 5 nitrogen and oxygen atoms in total. The minimum Gasteiger partial charge on any atom is -0.396 e. The highest BCUT2D eigenvalue weighted by atomic mass is 32.2. The van der Waals surface area contributed by atoms with Gasteiger partial charge in [0, 0.05) is 38.5 Å². The topological polar surface area (TPSA) is 66.8 Å². The summed E-state index contributed by atoms with van der Waals surface area (Å²) >= 11 is 0. The lowest BCUT2D eigenvalue weighted by Gasteiger charge is -2.41. The predicted molar refractivity (Wildman–Crippen MR) is 71.4 cm³/mol. The van der Waals surface area contributed by atoms with Gasteiger partial charge in [-0.25, -0.2) is 8.42 Å². The Kier molecular flexibility index (Phi) is 6.04. The van der Waals surface area contributed by atoms with Gasteiger partial charge in [-0.3, -0.25) is 0 Å². The van der Waals surface area contributed by atoms with Crippen molar-refractivity contribution in [2.24, 2.45) is 5.41 Å². The number of aliphatic hydroxyl groups is 1. The molecule has 1 heterocycles. The fourth-order valence-corrected chi connectivity index (χ4v) is 3.12. The summed E-state index contributed by atoms with van der Waals surface area (Å²) in [6.45, 7) is 3.03. The number of rotatable bonds is 7. The minimum atomic E-state index is -2.91. The normalized spacial score (nSPS) is 26.4. The van der Waals surface area contributed by atoms with Crippen LogP contribution in [0, 0.1) is 5.41 Å². The van der Waals surface area contributed by atoms with Gasteiger partial charge in [-0.1, -0.05) is 0 Å². The molecular formula is C12H25NO4S. The van der Waals surface area contributed by atoms with Crippen molar-refractivity contribution in [3.63, 3.8) is 0 Å². The smallest absolute Gasteiger partial charge is 0.148 e. The molecule has 0 aromatic carbocycles. The molecule has 0 spiro atoms. The lowest BCUT2D eigenvalue weighted by Crippen LogP contribution is -2.47. The maximum Gasteiger partial charge on any atom is 0.148 e. The SMILES string of the molecule is COCCC1(CO)CCCN(CCS(C)(=O)=O)C1. The third kappa shape index (κ3) is 5.22. The first kappa shape index (κ1) is 15.9. The van der Waals surface area contributed by atoms with E-state index in [-0.39, 0.29) is 17.8 Å². The standard InChI is InChI=1S/C12H25NO4S/c1-17-8-5-12(11-14)4-3-6-13(10-12)7-9-18(2,15)16/h14H,3-11H2,1-2H3. The van der Waals surface area contributed by atoms with Crippen molar-refractivity contribution in [2.75, 3.05) is 52.0 Å². The van der Waals surface area contributed by atoms with Gasteiger partial charge in [-0.2, -0.15) is 0 Å². The summed E-state index contributed by atoms with van der Waals surface area (Å²) in [6, 6.07) is 0. The molecule has 0 saturated carbocycles. The summed E-state index contributed by atoms with van der Waals surface area (Å²) in [7, 11) is -1.25. The quantitative estimate of drug-likeness (QED) is 0.718. The number of ether oxygens (including phenoxy) is 1. The predicted octanol–water partition coefficient (Wildman–Crippen LogP) is 0.142. The van der Waals surface area contributed by atoms with Crippen molar-refractivity contribution in [3.8, 4) is 0 Å². The Labute approximate surface area is 110 Å². The molecule has 0 radical (unpaired) electrons. The van der Waals surface area contributed by atoms with Gasteiger partial charge in [-0.15, -0.1) is 0 Å². The van der Waals surface area contributed by atoms with E-state index in [0.29, 0.717) is 13.2 Å². The van der Waals surface area contributed by atoms with E-state index in [1.165, 1.54) is 6.26 Å². The van der Waals surface area contributed by atoms with Crippen LogP contribution in [0.1, 0.15) is 19.3 Å². The van der Waals surface area contributed by atoms with Crippen LogP contribution in [-0.4, -0.2) is 70.4 Å². The second kappa shape index (κ2) is 6.84. The summed E-state index contributed by atoms with van der Waals surface area (Å²) in [5, 5.41) is 9.61. The number of hydrogen-bond donors (Lipinski definition) is 1. The summed E-state index contributed by atoms with van der Waals surface area (Å²) in [5.74, 6) is 0.193. The molecule has 0 aromatic rings. The first-order valence-electron chi connectivity index (χ1n) is 6.41. The molecule has 1 fully saturated rings. The summed E-state index contributed by atoms with van der Waals surface area (Å²) in [5.41, 5.74) is -0.119. The molecule has 6 heteroatoms. The van der Waals surface area contributed by atoms with Gasteiger partial charge in [0.25, 0.3) is 0 Å². The van der Waals surface area contributed by atoms with Gasteiger partial charge < -0.3 is 14.7 Å². The Morgan fingerprint density at radius 2 is 2.17 bits per heavy atom. The molecule has 0 aromatic heterocycles. The zero-order chi connectivity index (χ0) is 13.6. The van der Waals surface area contributed by atoms with Crippen LogP contribution in [0.25, 0.3) is 0 Å². The molecule has 0 amide bonds. The third-order valence-electron chi connectivity index (χ3n) is 3.69. The Balaban J connectivity index is 2.52. The highest BCUT2D eigenvalue weighted by Crippen LogP contribution is 2.32. The number of methoxy groups -OCH3 is 1. The fraction of sp³-hybridized carbons (Fsp3) is 1.00. The van der Waals surface area contributed by atoms with Gasteiger partial charge in [0.1, 0.15) is 9.84 Å². The molecular weight excluding hydrogens is 254 g/mol. The first-order valence-corrected chi connectivity index (χ1v) is 8.47. The molecule has 0 aliphatic carbocycles. The highest BCUT2D eigenvalue weighted by Gasteiger charge is 2.34. The monoisotopic (exact) mass is 279 g/mol. The molecule has 1 unspecified atom stereocenters. The van der Waals surface area contributed by atoms with Gasteiger partial charge in [0.15, 0.2) is 0 Å². The molecule has 1 N–H and O–H groups in total. The van der Waals surface area contributed by atoms with E-state index in [0.717, 1.165) is 32.4 Å². The van der Waals surface area contributed by atoms with Crippen molar-refractivity contribution in [2.45, 2.75) is 19.3 Å². The summed E-state index contributed by atoms with van der Waals surface area (Å²) in [6.07, 6.45) is 4.09. The van der Waals surface area contributed by atoms with Gasteiger partial charge in [-0.05, 0) is 25.8 Å². The van der Waals surface area contributed by atoms with Crippen molar-refractivity contribution in [1.82, 2.24) is 4.90 Å². The number of likely N-dealkylation sites (tertiary alicyclic amines) is 1. The zero-order valence-electron chi connectivity index (χ0n) is 11.4. The van der Waals surface area contributed by atoms with Crippen LogP contribution in [0.3, 0.4) is 0 Å². The van der Waals surface area contributed by atoms with Crippen LogP contribution in [0.5, 0.6) is 0 Å². The first-order chi connectivity index (χ1) is 8.41. The summed E-state index contributed by atoms with van der Waals surface area (Å²) in [4.78, 5) is 2.15. The van der Waals surface area contributed by atoms with Crippen LogP contribution >= 0.6 is 0 Å². The van der Waals surface area contributed by atoms with Crippen LogP contribution in [0.2, 0.25) is 0 Å². The van der Waals surface area contributed by atoms with Crippen LogP contribution in [0.15, 0.2) is 0 Å². The lowest BCUT2D eigenvalue weighted by atomic mass is 9.78. The molecule has 1 aliphatic heterocycles. The molecule has 18 heavy (non-hydrogen) atoms. The number of piperidine rings is 1. The van der Waals surface area contributed by atoms with Crippen molar-refractivity contribution >= 4 is 9.84 Å². The number of hydrogen-bond acceptors (Lipinski definition) is 5. The maximum atomic E-state index is 11.2.